The average molecular weight is 531 g/mol. The van der Waals surface area contributed by atoms with E-state index in [-0.39, 0.29) is 23.6 Å². The topological polar surface area (TPSA) is 120 Å². The summed E-state index contributed by atoms with van der Waals surface area (Å²) in [6.07, 6.45) is 4.57. The van der Waals surface area contributed by atoms with Crippen LogP contribution in [0, 0.1) is 23.7 Å². The number of amides is 1. The molecule has 0 radical (unpaired) electrons. The number of aromatic nitrogens is 6. The number of carbonyl (C=O) groups excluding carboxylic acids is 1. The first-order valence-electron chi connectivity index (χ1n) is 12.4. The van der Waals surface area contributed by atoms with Crippen LogP contribution in [0.15, 0.2) is 39.6 Å². The van der Waals surface area contributed by atoms with E-state index in [4.69, 9.17) is 0 Å². The maximum absolute atomic E-state index is 13.1. The van der Waals surface area contributed by atoms with Crippen LogP contribution >= 0.6 is 11.3 Å². The highest BCUT2D eigenvalue weighted by Gasteiger charge is 2.45. The van der Waals surface area contributed by atoms with Gasteiger partial charge in [0.15, 0.2) is 11.2 Å². The maximum Gasteiger partial charge on any atom is 0.333 e. The van der Waals surface area contributed by atoms with Crippen molar-refractivity contribution in [2.45, 2.75) is 32.9 Å². The van der Waals surface area contributed by atoms with Crippen molar-refractivity contribution in [1.29, 1.82) is 0 Å². The van der Waals surface area contributed by atoms with Crippen LogP contribution in [-0.4, -0.2) is 47.6 Å². The molecule has 2 fully saturated rings. The lowest BCUT2D eigenvalue weighted by Gasteiger charge is -2.18. The molecule has 0 bridgehead atoms. The molecule has 1 aliphatic carbocycles. The fourth-order valence-corrected chi connectivity index (χ4v) is 5.73. The lowest BCUT2D eigenvalue weighted by Crippen LogP contribution is -2.40. The van der Waals surface area contributed by atoms with Gasteiger partial charge in [-0.3, -0.25) is 14.2 Å². The first-order chi connectivity index (χ1) is 18.4. The highest BCUT2D eigenvalue weighted by molar-refractivity contribution is 7.13. The quantitative estimate of drug-likeness (QED) is 0.379. The zero-order valence-corrected chi connectivity index (χ0v) is 22.0. The predicted molar refractivity (Wildman–Crippen MR) is 145 cm³/mol. The van der Waals surface area contributed by atoms with Crippen molar-refractivity contribution in [1.82, 2.24) is 28.7 Å². The third-order valence-electron chi connectivity index (χ3n) is 7.32. The molecule has 1 saturated heterocycles. The number of hydrogen-bond acceptors (Lipinski definition) is 8. The van der Waals surface area contributed by atoms with E-state index < -0.39 is 17.3 Å². The first kappa shape index (κ1) is 24.1. The number of piperidine rings is 1. The minimum atomic E-state index is -0.784. The molecule has 11 nitrogen and oxygen atoms in total. The predicted octanol–water partition coefficient (Wildman–Crippen LogP) is 2.09. The van der Waals surface area contributed by atoms with Crippen LogP contribution in [0.1, 0.15) is 26.3 Å². The van der Waals surface area contributed by atoms with E-state index >= 15 is 0 Å². The van der Waals surface area contributed by atoms with E-state index in [1.807, 2.05) is 18.3 Å². The Balaban J connectivity index is 1.20. The molecule has 2 aliphatic rings. The molecule has 1 N–H and O–H groups in total. The van der Waals surface area contributed by atoms with Crippen LogP contribution in [0.5, 0.6) is 0 Å². The van der Waals surface area contributed by atoms with Crippen molar-refractivity contribution in [2.75, 3.05) is 23.3 Å². The SMILES string of the molecule is CC#CCn1c(=O)c2c(ncn2[C@@H](C)C(=O)Nc2csc(-c3ccc(N4CC5CC5C4)nc3)n2)n(C)c1=O. The molecule has 12 heteroatoms. The Bertz CT molecular complexity index is 1730. The third-order valence-corrected chi connectivity index (χ3v) is 8.21. The van der Waals surface area contributed by atoms with Gasteiger partial charge in [0, 0.05) is 37.3 Å². The molecule has 0 aromatic carbocycles. The molecule has 3 atom stereocenters. The molecule has 6 rings (SSSR count). The monoisotopic (exact) mass is 530 g/mol. The summed E-state index contributed by atoms with van der Waals surface area (Å²) in [7, 11) is 1.54. The number of imidazole rings is 1. The van der Waals surface area contributed by atoms with Crippen molar-refractivity contribution >= 4 is 40.0 Å². The minimum absolute atomic E-state index is 0.0415. The third kappa shape index (κ3) is 4.09. The lowest BCUT2D eigenvalue weighted by molar-refractivity contribution is -0.118. The Morgan fingerprint density at radius 3 is 2.74 bits per heavy atom. The average Bonchev–Trinajstić information content (AvgIpc) is 3.31. The fraction of sp³-hybridized carbons (Fsp3) is 0.385. The van der Waals surface area contributed by atoms with Gasteiger partial charge in [-0.05, 0) is 44.2 Å². The number of rotatable bonds is 6. The highest BCUT2D eigenvalue weighted by Crippen LogP contribution is 2.46. The summed E-state index contributed by atoms with van der Waals surface area (Å²) in [4.78, 5) is 54.6. The normalized spacial score (nSPS) is 18.7. The van der Waals surface area contributed by atoms with E-state index in [0.717, 1.165) is 45.9 Å². The molecule has 1 amide bonds. The summed E-state index contributed by atoms with van der Waals surface area (Å²) < 4.78 is 3.80. The molecule has 1 aliphatic heterocycles. The summed E-state index contributed by atoms with van der Waals surface area (Å²) in [5.74, 6) is 8.16. The van der Waals surface area contributed by atoms with Gasteiger partial charge in [-0.2, -0.15) is 0 Å². The molecule has 4 aromatic heterocycles. The Labute approximate surface area is 221 Å². The number of carbonyl (C=O) groups is 1. The van der Waals surface area contributed by atoms with Gasteiger partial charge in [0.1, 0.15) is 22.7 Å². The molecule has 5 heterocycles. The van der Waals surface area contributed by atoms with Crippen LogP contribution < -0.4 is 21.5 Å². The van der Waals surface area contributed by atoms with E-state index in [1.165, 1.54) is 40.3 Å². The zero-order valence-electron chi connectivity index (χ0n) is 21.2. The molecule has 38 heavy (non-hydrogen) atoms. The summed E-state index contributed by atoms with van der Waals surface area (Å²) in [6, 6.07) is 3.25. The number of pyridine rings is 1. The highest BCUT2D eigenvalue weighted by atomic mass is 32.1. The van der Waals surface area contributed by atoms with Crippen molar-refractivity contribution in [3.63, 3.8) is 0 Å². The van der Waals surface area contributed by atoms with Gasteiger partial charge >= 0.3 is 5.69 Å². The van der Waals surface area contributed by atoms with Gasteiger partial charge in [0.25, 0.3) is 5.56 Å². The summed E-state index contributed by atoms with van der Waals surface area (Å²) in [6.45, 7) is 5.43. The molecule has 4 aromatic rings. The second-order valence-electron chi connectivity index (χ2n) is 9.75. The van der Waals surface area contributed by atoms with Crippen molar-refractivity contribution in [3.05, 3.63) is 50.9 Å². The number of anilines is 2. The molecular formula is C26H26N8O3S. The van der Waals surface area contributed by atoms with Gasteiger partial charge in [0.2, 0.25) is 5.91 Å². The van der Waals surface area contributed by atoms with Gasteiger partial charge in [-0.25, -0.2) is 24.3 Å². The standard InChI is InChI=1S/C26H26N8O3S/c1-4-5-8-33-25(36)21-22(31(3)26(33)37)28-14-34(21)15(2)23(35)29-19-13-38-24(30-19)16-6-7-20(27-10-16)32-11-17-9-18(17)12-32/h6-7,10,13-15,17-18H,8-9,11-12H2,1-3H3,(H,29,35)/t15-,17?,18?/m0/s1. The largest absolute Gasteiger partial charge is 0.356 e. The van der Waals surface area contributed by atoms with E-state index in [1.54, 1.807) is 19.2 Å². The maximum atomic E-state index is 13.1. The van der Waals surface area contributed by atoms with Crippen molar-refractivity contribution in [3.8, 4) is 22.4 Å². The lowest BCUT2D eigenvalue weighted by atomic mass is 10.3. The Hall–Kier alpha value is -4.24. The van der Waals surface area contributed by atoms with E-state index in [0.29, 0.717) is 5.82 Å². The number of hydrogen-bond donors (Lipinski definition) is 1. The fourth-order valence-electron chi connectivity index (χ4n) is 4.99. The summed E-state index contributed by atoms with van der Waals surface area (Å²) in [5.41, 5.74) is 0.197. The molecule has 0 spiro atoms. The van der Waals surface area contributed by atoms with Crippen molar-refractivity contribution in [2.24, 2.45) is 18.9 Å². The molecule has 194 valence electrons. The summed E-state index contributed by atoms with van der Waals surface area (Å²) >= 11 is 1.41. The molecular weight excluding hydrogens is 504 g/mol. The molecule has 2 unspecified atom stereocenters. The number of nitrogens with zero attached hydrogens (tertiary/aromatic N) is 7. The number of nitrogens with one attached hydrogen (secondary N) is 1. The minimum Gasteiger partial charge on any atom is -0.356 e. The Kier molecular flexibility index (Phi) is 5.87. The van der Waals surface area contributed by atoms with Crippen LogP contribution in [0.3, 0.4) is 0 Å². The van der Waals surface area contributed by atoms with Crippen LogP contribution in [0.4, 0.5) is 11.6 Å². The molecule has 1 saturated carbocycles. The Morgan fingerprint density at radius 2 is 2.03 bits per heavy atom. The zero-order chi connectivity index (χ0) is 26.6. The number of aryl methyl sites for hydroxylation is 1. The van der Waals surface area contributed by atoms with Gasteiger partial charge in [0.05, 0.1) is 12.9 Å². The van der Waals surface area contributed by atoms with Gasteiger partial charge < -0.3 is 14.8 Å². The first-order valence-corrected chi connectivity index (χ1v) is 13.3. The van der Waals surface area contributed by atoms with Crippen LogP contribution in [0.2, 0.25) is 0 Å². The van der Waals surface area contributed by atoms with Crippen LogP contribution in [-0.2, 0) is 18.4 Å². The van der Waals surface area contributed by atoms with Gasteiger partial charge in [-0.1, -0.05) is 5.92 Å². The van der Waals surface area contributed by atoms with Crippen molar-refractivity contribution < 1.29 is 4.79 Å². The smallest absolute Gasteiger partial charge is 0.333 e. The second-order valence-corrected chi connectivity index (χ2v) is 10.6. The summed E-state index contributed by atoms with van der Waals surface area (Å²) in [5, 5.41) is 5.35. The van der Waals surface area contributed by atoms with E-state index in [9.17, 15) is 14.4 Å². The second kappa shape index (κ2) is 9.25. The number of fused-ring (bicyclic) bond motifs is 2. The Morgan fingerprint density at radius 1 is 1.24 bits per heavy atom. The number of thiazole rings is 1. The van der Waals surface area contributed by atoms with Crippen LogP contribution in [0.25, 0.3) is 21.7 Å². The van der Waals surface area contributed by atoms with Gasteiger partial charge in [-0.15, -0.1) is 17.3 Å². The van der Waals surface area contributed by atoms with E-state index in [2.05, 4.69) is 37.0 Å².